The summed E-state index contributed by atoms with van der Waals surface area (Å²) in [6.45, 7) is 3.90. The average Bonchev–Trinajstić information content (AvgIpc) is 3.63. The number of ether oxygens (including phenoxy) is 1. The zero-order valence-electron chi connectivity index (χ0n) is 20.5. The van der Waals surface area contributed by atoms with Crippen LogP contribution in [0.5, 0.6) is 5.75 Å². The number of anilines is 1. The summed E-state index contributed by atoms with van der Waals surface area (Å²) in [6.07, 6.45) is -1.86. The van der Waals surface area contributed by atoms with E-state index in [1.807, 2.05) is 6.07 Å². The van der Waals surface area contributed by atoms with Gasteiger partial charge in [-0.1, -0.05) is 24.3 Å². The Hall–Kier alpha value is -3.59. The molecule has 196 valence electrons. The molecule has 3 N–H and O–H groups in total. The number of hydrogen-bond donors (Lipinski definition) is 3. The molecule has 0 bridgehead atoms. The molecule has 0 radical (unpaired) electrons. The fraction of sp³-hybridized carbons (Fsp3) is 0.357. The highest BCUT2D eigenvalue weighted by Gasteiger charge is 2.44. The maximum absolute atomic E-state index is 13.7. The highest BCUT2D eigenvalue weighted by molar-refractivity contribution is 5.75. The number of pyridine rings is 1. The number of hydrogen-bond acceptors (Lipinski definition) is 5. The van der Waals surface area contributed by atoms with Crippen LogP contribution in [0.2, 0.25) is 0 Å². The number of halogens is 3. The van der Waals surface area contributed by atoms with E-state index in [1.165, 1.54) is 12.1 Å². The van der Waals surface area contributed by atoms with Gasteiger partial charge in [0.2, 0.25) is 0 Å². The van der Waals surface area contributed by atoms with Gasteiger partial charge in [0.25, 0.3) is 0 Å². The topological polar surface area (TPSA) is 91.7 Å². The molecule has 6 nitrogen and oxygen atoms in total. The molecule has 1 fully saturated rings. The van der Waals surface area contributed by atoms with Crippen LogP contribution in [-0.2, 0) is 17.5 Å². The number of alkyl halides is 3. The molecule has 1 aromatic heterocycles. The van der Waals surface area contributed by atoms with Crippen molar-refractivity contribution in [3.8, 4) is 16.9 Å². The molecule has 1 heterocycles. The lowest BCUT2D eigenvalue weighted by molar-refractivity contribution is -0.139. The van der Waals surface area contributed by atoms with E-state index < -0.39 is 23.3 Å². The van der Waals surface area contributed by atoms with Gasteiger partial charge in [-0.05, 0) is 78.8 Å². The third-order valence-corrected chi connectivity index (χ3v) is 6.33. The first-order chi connectivity index (χ1) is 17.4. The summed E-state index contributed by atoms with van der Waals surface area (Å²) < 4.78 is 46.8. The molecule has 4 rings (SSSR count). The van der Waals surface area contributed by atoms with Crippen LogP contribution in [-0.4, -0.2) is 33.4 Å². The van der Waals surface area contributed by atoms with Crippen molar-refractivity contribution in [2.75, 3.05) is 11.9 Å². The minimum atomic E-state index is -4.52. The number of carbonyl (C=O) groups is 1. The summed E-state index contributed by atoms with van der Waals surface area (Å²) in [5.41, 5.74) is 0.380. The first-order valence-corrected chi connectivity index (χ1v) is 12.0. The molecule has 2 atom stereocenters. The number of rotatable bonds is 10. The van der Waals surface area contributed by atoms with Gasteiger partial charge in [0.05, 0.1) is 23.7 Å². The van der Waals surface area contributed by atoms with Crippen LogP contribution in [0.4, 0.5) is 19.0 Å². The molecule has 0 spiro atoms. The number of carboxylic acids is 1. The second kappa shape index (κ2) is 10.4. The van der Waals surface area contributed by atoms with Crippen LogP contribution in [0.15, 0.2) is 60.8 Å². The van der Waals surface area contributed by atoms with E-state index in [2.05, 4.69) is 10.3 Å². The highest BCUT2D eigenvalue weighted by Crippen LogP contribution is 2.47. The summed E-state index contributed by atoms with van der Waals surface area (Å²) in [5.74, 6) is -0.132. The molecule has 0 amide bonds. The summed E-state index contributed by atoms with van der Waals surface area (Å²) in [4.78, 5) is 15.4. The number of nitrogens with one attached hydrogen (secondary N) is 1. The number of benzene rings is 2. The number of aliphatic hydroxyl groups is 1. The zero-order chi connectivity index (χ0) is 26.8. The van der Waals surface area contributed by atoms with Crippen LogP contribution < -0.4 is 10.1 Å². The predicted octanol–water partition coefficient (Wildman–Crippen LogP) is 6.11. The lowest BCUT2D eigenvalue weighted by Gasteiger charge is -2.17. The molecule has 0 unspecified atom stereocenters. The Labute approximate surface area is 213 Å². The van der Waals surface area contributed by atoms with E-state index in [4.69, 9.17) is 9.84 Å². The molecule has 0 saturated heterocycles. The molecule has 2 aromatic carbocycles. The van der Waals surface area contributed by atoms with Crippen LogP contribution in [0.1, 0.15) is 49.3 Å². The molecule has 9 heteroatoms. The van der Waals surface area contributed by atoms with Gasteiger partial charge >= 0.3 is 12.1 Å². The Balaban J connectivity index is 1.46. The van der Waals surface area contributed by atoms with Crippen molar-refractivity contribution in [1.82, 2.24) is 4.98 Å². The van der Waals surface area contributed by atoms with E-state index in [1.54, 1.807) is 50.4 Å². The van der Waals surface area contributed by atoms with Gasteiger partial charge in [0.1, 0.15) is 11.6 Å². The Morgan fingerprint density at radius 3 is 2.41 bits per heavy atom. The van der Waals surface area contributed by atoms with Gasteiger partial charge in [-0.25, -0.2) is 4.98 Å². The van der Waals surface area contributed by atoms with E-state index in [0.29, 0.717) is 35.5 Å². The molecule has 37 heavy (non-hydrogen) atoms. The van der Waals surface area contributed by atoms with Gasteiger partial charge in [-0.2, -0.15) is 13.2 Å². The van der Waals surface area contributed by atoms with E-state index >= 15 is 0 Å². The van der Waals surface area contributed by atoms with Gasteiger partial charge in [0, 0.05) is 19.2 Å². The SMILES string of the molecule is CC(C)(O)CCOc1ccc(-c2cc(CNc3ccc([C@H]4C[C@@H]4C(=O)O)cn3)ccc2C(F)(F)F)cc1. The maximum Gasteiger partial charge on any atom is 0.417 e. The molecular formula is C28H29F3N2O4. The first-order valence-electron chi connectivity index (χ1n) is 12.0. The van der Waals surface area contributed by atoms with E-state index in [-0.39, 0.29) is 30.6 Å². The standard InChI is InChI=1S/C28H29F3N2O4/c1-27(2,36)11-12-37-20-7-4-18(5-8-20)22-13-17(3-9-24(22)28(29,30)31)15-32-25-10-6-19(16-33-25)21-14-23(21)26(34)35/h3-10,13,16,21,23,36H,11-12,14-15H2,1-2H3,(H,32,33)(H,34,35)/t21-,23+/m1/s1. The predicted molar refractivity (Wildman–Crippen MR) is 133 cm³/mol. The second-order valence-corrected chi connectivity index (χ2v) is 9.93. The molecular weight excluding hydrogens is 485 g/mol. The fourth-order valence-corrected chi connectivity index (χ4v) is 4.09. The van der Waals surface area contributed by atoms with Crippen molar-refractivity contribution in [3.63, 3.8) is 0 Å². The fourth-order valence-electron chi connectivity index (χ4n) is 4.09. The normalized spacial score (nSPS) is 17.4. The Morgan fingerprint density at radius 1 is 1.11 bits per heavy atom. The Kier molecular flexibility index (Phi) is 7.45. The number of aromatic nitrogens is 1. The van der Waals surface area contributed by atoms with Gasteiger partial charge in [-0.3, -0.25) is 4.79 Å². The maximum atomic E-state index is 13.7. The van der Waals surface area contributed by atoms with Crippen LogP contribution in [0, 0.1) is 5.92 Å². The van der Waals surface area contributed by atoms with Crippen molar-refractivity contribution in [2.45, 2.75) is 50.9 Å². The third kappa shape index (κ3) is 7.01. The zero-order valence-corrected chi connectivity index (χ0v) is 20.5. The first kappa shape index (κ1) is 26.5. The summed E-state index contributed by atoms with van der Waals surface area (Å²) in [7, 11) is 0. The van der Waals surface area contributed by atoms with Crippen molar-refractivity contribution in [2.24, 2.45) is 5.92 Å². The summed E-state index contributed by atoms with van der Waals surface area (Å²) >= 11 is 0. The minimum Gasteiger partial charge on any atom is -0.493 e. The van der Waals surface area contributed by atoms with Crippen LogP contribution >= 0.6 is 0 Å². The van der Waals surface area contributed by atoms with E-state index in [0.717, 1.165) is 11.6 Å². The van der Waals surface area contributed by atoms with Gasteiger partial charge < -0.3 is 20.3 Å². The minimum absolute atomic E-state index is 0.0187. The van der Waals surface area contributed by atoms with Crippen molar-refractivity contribution >= 4 is 11.8 Å². The molecule has 0 aliphatic heterocycles. The molecule has 1 aliphatic carbocycles. The number of carboxylic acid groups (broad SMARTS) is 1. The van der Waals surface area contributed by atoms with Crippen LogP contribution in [0.25, 0.3) is 11.1 Å². The van der Waals surface area contributed by atoms with Gasteiger partial charge in [0.15, 0.2) is 0 Å². The number of nitrogens with zero attached hydrogens (tertiary/aromatic N) is 1. The Morgan fingerprint density at radius 2 is 1.84 bits per heavy atom. The van der Waals surface area contributed by atoms with Crippen molar-refractivity contribution < 1.29 is 32.9 Å². The number of aliphatic carboxylic acids is 1. The quantitative estimate of drug-likeness (QED) is 0.303. The smallest absolute Gasteiger partial charge is 0.417 e. The third-order valence-electron chi connectivity index (χ3n) is 6.33. The monoisotopic (exact) mass is 514 g/mol. The van der Waals surface area contributed by atoms with Crippen molar-refractivity contribution in [1.29, 1.82) is 0 Å². The molecule has 1 aliphatic rings. The highest BCUT2D eigenvalue weighted by atomic mass is 19.4. The summed E-state index contributed by atoms with van der Waals surface area (Å²) in [6, 6.07) is 14.0. The Bertz CT molecular complexity index is 1240. The van der Waals surface area contributed by atoms with Crippen molar-refractivity contribution in [3.05, 3.63) is 77.5 Å². The van der Waals surface area contributed by atoms with Gasteiger partial charge in [-0.15, -0.1) is 0 Å². The molecule has 3 aromatic rings. The largest absolute Gasteiger partial charge is 0.493 e. The second-order valence-electron chi connectivity index (χ2n) is 9.93. The lowest BCUT2D eigenvalue weighted by Crippen LogP contribution is -2.21. The lowest BCUT2D eigenvalue weighted by atomic mass is 9.96. The summed E-state index contributed by atoms with van der Waals surface area (Å²) in [5, 5.41) is 22.0. The molecule has 1 saturated carbocycles. The van der Waals surface area contributed by atoms with Crippen LogP contribution in [0.3, 0.4) is 0 Å². The average molecular weight is 515 g/mol. The van der Waals surface area contributed by atoms with E-state index in [9.17, 15) is 23.1 Å².